The molecule has 0 unspecified atom stereocenters. The third kappa shape index (κ3) is 3.47. The summed E-state index contributed by atoms with van der Waals surface area (Å²) in [6, 6.07) is 7.52. The molecule has 0 amide bonds. The van der Waals surface area contributed by atoms with E-state index in [1.807, 2.05) is 12.1 Å². The SMILES string of the molecule is CC(C)c1noc([C@H](C)N2CCN(c3ccc(O)cc3)CC2)n1. The minimum atomic E-state index is 0.136. The lowest BCUT2D eigenvalue weighted by molar-refractivity contribution is 0.164. The van der Waals surface area contributed by atoms with Crippen LogP contribution in [0.15, 0.2) is 28.8 Å². The van der Waals surface area contributed by atoms with Gasteiger partial charge in [0.25, 0.3) is 0 Å². The van der Waals surface area contributed by atoms with Crippen LogP contribution < -0.4 is 4.90 Å². The normalized spacial score (nSPS) is 17.7. The Morgan fingerprint density at radius 1 is 1.04 bits per heavy atom. The van der Waals surface area contributed by atoms with E-state index in [1.165, 1.54) is 0 Å². The molecule has 1 aliphatic heterocycles. The van der Waals surface area contributed by atoms with Gasteiger partial charge in [0.2, 0.25) is 5.89 Å². The minimum absolute atomic E-state index is 0.136. The third-order valence-corrected chi connectivity index (χ3v) is 4.41. The lowest BCUT2D eigenvalue weighted by Gasteiger charge is -2.38. The Bertz CT molecular complexity index is 630. The highest BCUT2D eigenvalue weighted by Crippen LogP contribution is 2.24. The molecule has 1 aromatic carbocycles. The standard InChI is InChI=1S/C17H24N4O2/c1-12(2)16-18-17(23-19-16)13(3)20-8-10-21(11-9-20)14-4-6-15(22)7-5-14/h4-7,12-13,22H,8-11H2,1-3H3/t13-/m0/s1. The summed E-state index contributed by atoms with van der Waals surface area (Å²) in [5.74, 6) is 2.06. The lowest BCUT2D eigenvalue weighted by atomic mass is 10.2. The fourth-order valence-electron chi connectivity index (χ4n) is 2.84. The molecule has 1 aromatic heterocycles. The molecule has 3 rings (SSSR count). The quantitative estimate of drug-likeness (QED) is 0.935. The summed E-state index contributed by atoms with van der Waals surface area (Å²) in [7, 11) is 0. The molecular weight excluding hydrogens is 292 g/mol. The van der Waals surface area contributed by atoms with Crippen LogP contribution in [0, 0.1) is 0 Å². The van der Waals surface area contributed by atoms with Crippen LogP contribution in [-0.2, 0) is 0 Å². The van der Waals surface area contributed by atoms with Gasteiger partial charge in [0, 0.05) is 37.8 Å². The van der Waals surface area contributed by atoms with Crippen molar-refractivity contribution in [3.63, 3.8) is 0 Å². The second-order valence-corrected chi connectivity index (χ2v) is 6.36. The lowest BCUT2D eigenvalue weighted by Crippen LogP contribution is -2.47. The Kier molecular flexibility index (Phi) is 4.52. The predicted octanol–water partition coefficient (Wildman–Crippen LogP) is 2.78. The van der Waals surface area contributed by atoms with Gasteiger partial charge in [0.15, 0.2) is 5.82 Å². The van der Waals surface area contributed by atoms with Crippen molar-refractivity contribution in [2.45, 2.75) is 32.7 Å². The number of aromatic nitrogens is 2. The molecule has 0 aliphatic carbocycles. The van der Waals surface area contributed by atoms with E-state index < -0.39 is 0 Å². The molecule has 2 heterocycles. The fraction of sp³-hybridized carbons (Fsp3) is 0.529. The first-order valence-electron chi connectivity index (χ1n) is 8.16. The van der Waals surface area contributed by atoms with Crippen LogP contribution in [-0.4, -0.2) is 46.3 Å². The molecule has 1 aliphatic rings. The van der Waals surface area contributed by atoms with E-state index in [0.717, 1.165) is 37.7 Å². The average Bonchev–Trinajstić information content (AvgIpc) is 3.05. The largest absolute Gasteiger partial charge is 0.508 e. The zero-order valence-electron chi connectivity index (χ0n) is 13.9. The zero-order valence-corrected chi connectivity index (χ0v) is 13.9. The molecule has 6 nitrogen and oxygen atoms in total. The molecule has 6 heteroatoms. The first-order chi connectivity index (χ1) is 11.0. The molecule has 1 N–H and O–H groups in total. The Labute approximate surface area is 136 Å². The minimum Gasteiger partial charge on any atom is -0.508 e. The van der Waals surface area contributed by atoms with Gasteiger partial charge in [-0.1, -0.05) is 19.0 Å². The fourth-order valence-corrected chi connectivity index (χ4v) is 2.84. The van der Waals surface area contributed by atoms with Crippen LogP contribution in [0.2, 0.25) is 0 Å². The smallest absolute Gasteiger partial charge is 0.243 e. The zero-order chi connectivity index (χ0) is 16.4. The summed E-state index contributed by atoms with van der Waals surface area (Å²) >= 11 is 0. The monoisotopic (exact) mass is 316 g/mol. The number of phenolic OH excluding ortho intramolecular Hbond substituents is 1. The number of aromatic hydroxyl groups is 1. The van der Waals surface area contributed by atoms with Gasteiger partial charge in [-0.2, -0.15) is 4.98 Å². The van der Waals surface area contributed by atoms with Gasteiger partial charge in [0.05, 0.1) is 6.04 Å². The summed E-state index contributed by atoms with van der Waals surface area (Å²) in [6.45, 7) is 10.0. The van der Waals surface area contributed by atoms with Gasteiger partial charge >= 0.3 is 0 Å². The number of rotatable bonds is 4. The van der Waals surface area contributed by atoms with Gasteiger partial charge < -0.3 is 14.5 Å². The number of nitrogens with zero attached hydrogens (tertiary/aromatic N) is 4. The van der Waals surface area contributed by atoms with Crippen molar-refractivity contribution in [1.29, 1.82) is 0 Å². The van der Waals surface area contributed by atoms with Crippen LogP contribution in [0.4, 0.5) is 5.69 Å². The highest BCUT2D eigenvalue weighted by Gasteiger charge is 2.26. The van der Waals surface area contributed by atoms with E-state index in [2.05, 4.69) is 40.7 Å². The van der Waals surface area contributed by atoms with Crippen molar-refractivity contribution >= 4 is 5.69 Å². The van der Waals surface area contributed by atoms with E-state index in [0.29, 0.717) is 11.6 Å². The van der Waals surface area contributed by atoms with Crippen molar-refractivity contribution in [1.82, 2.24) is 15.0 Å². The molecule has 0 saturated carbocycles. The molecule has 0 bridgehead atoms. The summed E-state index contributed by atoms with van der Waals surface area (Å²) < 4.78 is 5.42. The second-order valence-electron chi connectivity index (χ2n) is 6.36. The van der Waals surface area contributed by atoms with Crippen LogP contribution in [0.5, 0.6) is 5.75 Å². The van der Waals surface area contributed by atoms with E-state index in [9.17, 15) is 5.11 Å². The number of anilines is 1. The van der Waals surface area contributed by atoms with E-state index in [4.69, 9.17) is 4.52 Å². The molecule has 0 radical (unpaired) electrons. The molecular formula is C17H24N4O2. The Balaban J connectivity index is 1.60. The summed E-state index contributed by atoms with van der Waals surface area (Å²) in [5, 5.41) is 13.4. The number of phenols is 1. The summed E-state index contributed by atoms with van der Waals surface area (Å²) in [5.41, 5.74) is 1.15. The van der Waals surface area contributed by atoms with Gasteiger partial charge in [-0.3, -0.25) is 4.90 Å². The van der Waals surface area contributed by atoms with Crippen LogP contribution in [0.1, 0.15) is 44.4 Å². The number of benzene rings is 1. The summed E-state index contributed by atoms with van der Waals surface area (Å²) in [4.78, 5) is 9.21. The van der Waals surface area contributed by atoms with Crippen LogP contribution in [0.3, 0.4) is 0 Å². The predicted molar refractivity (Wildman–Crippen MR) is 88.7 cm³/mol. The first kappa shape index (κ1) is 15.8. The Morgan fingerprint density at radius 3 is 2.26 bits per heavy atom. The van der Waals surface area contributed by atoms with Gasteiger partial charge in [-0.05, 0) is 31.2 Å². The molecule has 1 fully saturated rings. The Hall–Kier alpha value is -2.08. The molecule has 23 heavy (non-hydrogen) atoms. The first-order valence-corrected chi connectivity index (χ1v) is 8.16. The van der Waals surface area contributed by atoms with Crippen molar-refractivity contribution in [2.24, 2.45) is 0 Å². The highest BCUT2D eigenvalue weighted by atomic mass is 16.5. The molecule has 0 spiro atoms. The third-order valence-electron chi connectivity index (χ3n) is 4.41. The Morgan fingerprint density at radius 2 is 1.70 bits per heavy atom. The van der Waals surface area contributed by atoms with Gasteiger partial charge in [0.1, 0.15) is 5.75 Å². The maximum absolute atomic E-state index is 9.39. The van der Waals surface area contributed by atoms with Crippen molar-refractivity contribution in [3.8, 4) is 5.75 Å². The maximum Gasteiger partial charge on any atom is 0.243 e. The average molecular weight is 316 g/mol. The molecule has 1 saturated heterocycles. The summed E-state index contributed by atoms with van der Waals surface area (Å²) in [6.07, 6.45) is 0. The second kappa shape index (κ2) is 6.58. The molecule has 1 atom stereocenters. The van der Waals surface area contributed by atoms with Crippen LogP contribution in [0.25, 0.3) is 0 Å². The highest BCUT2D eigenvalue weighted by molar-refractivity contribution is 5.49. The van der Waals surface area contributed by atoms with Crippen LogP contribution >= 0.6 is 0 Å². The van der Waals surface area contributed by atoms with Crippen molar-refractivity contribution in [2.75, 3.05) is 31.1 Å². The van der Waals surface area contributed by atoms with E-state index in [1.54, 1.807) is 12.1 Å². The van der Waals surface area contributed by atoms with Gasteiger partial charge in [-0.15, -0.1) is 0 Å². The van der Waals surface area contributed by atoms with Crippen molar-refractivity contribution in [3.05, 3.63) is 36.0 Å². The molecule has 2 aromatic rings. The topological polar surface area (TPSA) is 65.6 Å². The number of hydrogen-bond acceptors (Lipinski definition) is 6. The maximum atomic E-state index is 9.39. The van der Waals surface area contributed by atoms with Gasteiger partial charge in [-0.25, -0.2) is 0 Å². The van der Waals surface area contributed by atoms with Crippen molar-refractivity contribution < 1.29 is 9.63 Å². The van der Waals surface area contributed by atoms with E-state index in [-0.39, 0.29) is 12.0 Å². The van der Waals surface area contributed by atoms with E-state index >= 15 is 0 Å². The number of hydrogen-bond donors (Lipinski definition) is 1. The number of piperazine rings is 1. The molecule has 124 valence electrons.